The minimum Gasteiger partial charge on any atom is -0.365 e. The zero-order valence-electron chi connectivity index (χ0n) is 15.7. The number of aromatic nitrogens is 2. The summed E-state index contributed by atoms with van der Waals surface area (Å²) in [6.07, 6.45) is -0.104. The van der Waals surface area contributed by atoms with Gasteiger partial charge in [0.25, 0.3) is 5.91 Å². The third-order valence-corrected chi connectivity index (χ3v) is 5.10. The van der Waals surface area contributed by atoms with Gasteiger partial charge in [-0.1, -0.05) is 28.1 Å². The zero-order chi connectivity index (χ0) is 20.4. The van der Waals surface area contributed by atoms with E-state index >= 15 is 0 Å². The largest absolute Gasteiger partial charge is 0.365 e. The van der Waals surface area contributed by atoms with Gasteiger partial charge in [0, 0.05) is 22.8 Å². The van der Waals surface area contributed by atoms with Gasteiger partial charge in [-0.25, -0.2) is 0 Å². The van der Waals surface area contributed by atoms with Crippen molar-refractivity contribution >= 4 is 39.1 Å². The molecule has 2 aromatic carbocycles. The van der Waals surface area contributed by atoms with Crippen LogP contribution in [0.25, 0.3) is 0 Å². The predicted octanol–water partition coefficient (Wildman–Crippen LogP) is 4.13. The lowest BCUT2D eigenvalue weighted by Crippen LogP contribution is -2.22. The fourth-order valence-electron chi connectivity index (χ4n) is 3.15. The average molecular weight is 455 g/mol. The van der Waals surface area contributed by atoms with Crippen molar-refractivity contribution in [3.63, 3.8) is 0 Å². The lowest BCUT2D eigenvalue weighted by molar-refractivity contribution is -0.114. The van der Waals surface area contributed by atoms with Gasteiger partial charge in [0.2, 0.25) is 5.91 Å². The third-order valence-electron chi connectivity index (χ3n) is 4.57. The first-order chi connectivity index (χ1) is 14.0. The molecule has 2 amide bonds. The molecule has 3 aromatic rings. The van der Waals surface area contributed by atoms with Crippen molar-refractivity contribution in [2.75, 3.05) is 10.6 Å². The second-order valence-electron chi connectivity index (χ2n) is 6.77. The molecule has 2 heterocycles. The summed E-state index contributed by atoms with van der Waals surface area (Å²) >= 11 is 3.43. The van der Waals surface area contributed by atoms with Crippen LogP contribution in [0.1, 0.15) is 34.8 Å². The Balaban J connectivity index is 1.43. The van der Waals surface area contributed by atoms with E-state index in [1.165, 1.54) is 6.92 Å². The van der Waals surface area contributed by atoms with Crippen LogP contribution in [-0.4, -0.2) is 21.6 Å². The molecule has 29 heavy (non-hydrogen) atoms. The van der Waals surface area contributed by atoms with Crippen molar-refractivity contribution < 1.29 is 14.3 Å². The number of hydrogen-bond donors (Lipinski definition) is 2. The van der Waals surface area contributed by atoms with E-state index in [2.05, 4.69) is 31.7 Å². The Bertz CT molecular complexity index is 1040. The van der Waals surface area contributed by atoms with Gasteiger partial charge in [0.15, 0.2) is 5.69 Å². The van der Waals surface area contributed by atoms with Crippen LogP contribution in [0.4, 0.5) is 11.4 Å². The monoisotopic (exact) mass is 454 g/mol. The summed E-state index contributed by atoms with van der Waals surface area (Å²) in [5.74, 6) is -0.437. The SMILES string of the molecule is CC(=O)Nc1ccc(NC(=O)c2cc3n(n2)C[C@@H](c2ccc(Br)cc2)OC3)cc1. The molecule has 1 aromatic heterocycles. The predicted molar refractivity (Wildman–Crippen MR) is 113 cm³/mol. The number of hydrogen-bond acceptors (Lipinski definition) is 4. The molecule has 8 heteroatoms. The lowest BCUT2D eigenvalue weighted by Gasteiger charge is -2.24. The Morgan fingerprint density at radius 1 is 1.07 bits per heavy atom. The molecule has 2 N–H and O–H groups in total. The molecule has 0 spiro atoms. The van der Waals surface area contributed by atoms with Gasteiger partial charge >= 0.3 is 0 Å². The number of carbonyl (C=O) groups is 2. The zero-order valence-corrected chi connectivity index (χ0v) is 17.3. The molecule has 0 saturated carbocycles. The van der Waals surface area contributed by atoms with Crippen LogP contribution in [0.5, 0.6) is 0 Å². The van der Waals surface area contributed by atoms with Crippen molar-refractivity contribution in [1.29, 1.82) is 0 Å². The van der Waals surface area contributed by atoms with Gasteiger partial charge in [-0.05, 0) is 48.0 Å². The molecule has 0 bridgehead atoms. The van der Waals surface area contributed by atoms with E-state index < -0.39 is 0 Å². The summed E-state index contributed by atoms with van der Waals surface area (Å²) in [6, 6.07) is 16.7. The van der Waals surface area contributed by atoms with Crippen molar-refractivity contribution in [2.45, 2.75) is 26.2 Å². The van der Waals surface area contributed by atoms with Crippen molar-refractivity contribution in [3.8, 4) is 0 Å². The first-order valence-electron chi connectivity index (χ1n) is 9.11. The molecule has 0 saturated heterocycles. The quantitative estimate of drug-likeness (QED) is 0.620. The Labute approximate surface area is 176 Å². The number of carbonyl (C=O) groups excluding carboxylic acids is 2. The number of nitrogens with one attached hydrogen (secondary N) is 2. The number of benzene rings is 2. The Kier molecular flexibility index (Phi) is 5.46. The number of anilines is 2. The second kappa shape index (κ2) is 8.18. The van der Waals surface area contributed by atoms with Gasteiger partial charge < -0.3 is 15.4 Å². The van der Waals surface area contributed by atoms with Crippen molar-refractivity contribution in [1.82, 2.24) is 9.78 Å². The van der Waals surface area contributed by atoms with Crippen LogP contribution in [-0.2, 0) is 22.7 Å². The Morgan fingerprint density at radius 2 is 1.72 bits per heavy atom. The first kappa shape index (κ1) is 19.4. The first-order valence-corrected chi connectivity index (χ1v) is 9.90. The number of halogens is 1. The third kappa shape index (κ3) is 4.55. The molecule has 1 atom stereocenters. The molecule has 7 nitrogen and oxygen atoms in total. The maximum atomic E-state index is 12.6. The molecule has 0 fully saturated rings. The van der Waals surface area contributed by atoms with Gasteiger partial charge in [-0.2, -0.15) is 5.10 Å². The van der Waals surface area contributed by atoms with Crippen molar-refractivity contribution in [2.24, 2.45) is 0 Å². The van der Waals surface area contributed by atoms with Crippen LogP contribution in [0.3, 0.4) is 0 Å². The summed E-state index contributed by atoms with van der Waals surface area (Å²) in [4.78, 5) is 23.7. The van der Waals surface area contributed by atoms with Crippen LogP contribution in [0.2, 0.25) is 0 Å². The van der Waals surface area contributed by atoms with Gasteiger partial charge in [-0.3, -0.25) is 14.3 Å². The summed E-state index contributed by atoms with van der Waals surface area (Å²) in [6.45, 7) is 2.39. The molecule has 0 unspecified atom stereocenters. The standard InChI is InChI=1S/C21H19BrN4O3/c1-13(27)23-16-6-8-17(9-7-16)24-21(28)19-10-18-12-29-20(11-26(18)25-19)14-2-4-15(22)5-3-14/h2-10,20H,11-12H2,1H3,(H,23,27)(H,24,28)/t20-/m0/s1. The van der Waals surface area contributed by atoms with Crippen LogP contribution >= 0.6 is 15.9 Å². The summed E-state index contributed by atoms with van der Waals surface area (Å²) in [5, 5.41) is 9.97. The highest BCUT2D eigenvalue weighted by atomic mass is 79.9. The normalized spacial score (nSPS) is 15.4. The molecule has 1 aliphatic rings. The molecular weight excluding hydrogens is 436 g/mol. The highest BCUT2D eigenvalue weighted by molar-refractivity contribution is 9.10. The van der Waals surface area contributed by atoms with E-state index in [0.717, 1.165) is 15.7 Å². The Hall–Kier alpha value is -2.97. The summed E-state index contributed by atoms with van der Waals surface area (Å²) in [7, 11) is 0. The second-order valence-corrected chi connectivity index (χ2v) is 7.68. The fourth-order valence-corrected chi connectivity index (χ4v) is 3.42. The maximum absolute atomic E-state index is 12.6. The topological polar surface area (TPSA) is 85.3 Å². The van der Waals surface area contributed by atoms with Crippen LogP contribution in [0.15, 0.2) is 59.1 Å². The minimum absolute atomic E-state index is 0.104. The minimum atomic E-state index is -0.292. The molecule has 1 aliphatic heterocycles. The van der Waals surface area contributed by atoms with Crippen molar-refractivity contribution in [3.05, 3.63) is 76.0 Å². The van der Waals surface area contributed by atoms with E-state index in [0.29, 0.717) is 30.2 Å². The number of ether oxygens (including phenoxy) is 1. The fraction of sp³-hybridized carbons (Fsp3) is 0.190. The molecular formula is C21H19BrN4O3. The smallest absolute Gasteiger partial charge is 0.276 e. The lowest BCUT2D eigenvalue weighted by atomic mass is 10.1. The van der Waals surface area contributed by atoms with E-state index in [4.69, 9.17) is 4.74 Å². The van der Waals surface area contributed by atoms with Crippen LogP contribution < -0.4 is 10.6 Å². The van der Waals surface area contributed by atoms with E-state index in [1.807, 2.05) is 28.9 Å². The molecule has 148 valence electrons. The summed E-state index contributed by atoms with van der Waals surface area (Å²) < 4.78 is 8.78. The van der Waals surface area contributed by atoms with Crippen LogP contribution in [0, 0.1) is 0 Å². The van der Waals surface area contributed by atoms with Gasteiger partial charge in [-0.15, -0.1) is 0 Å². The van der Waals surface area contributed by atoms with Gasteiger partial charge in [0.1, 0.15) is 6.10 Å². The molecule has 0 radical (unpaired) electrons. The summed E-state index contributed by atoms with van der Waals surface area (Å²) in [5.41, 5.74) is 3.57. The molecule has 0 aliphatic carbocycles. The molecule has 4 rings (SSSR count). The average Bonchev–Trinajstić information content (AvgIpc) is 3.13. The van der Waals surface area contributed by atoms with E-state index in [9.17, 15) is 9.59 Å². The maximum Gasteiger partial charge on any atom is 0.276 e. The highest BCUT2D eigenvalue weighted by Gasteiger charge is 2.24. The number of fused-ring (bicyclic) bond motifs is 1. The number of amides is 2. The highest BCUT2D eigenvalue weighted by Crippen LogP contribution is 2.27. The Morgan fingerprint density at radius 3 is 2.38 bits per heavy atom. The number of nitrogens with zero attached hydrogens (tertiary/aromatic N) is 2. The van der Waals surface area contributed by atoms with E-state index in [-0.39, 0.29) is 17.9 Å². The van der Waals surface area contributed by atoms with E-state index in [1.54, 1.807) is 30.3 Å². The van der Waals surface area contributed by atoms with Gasteiger partial charge in [0.05, 0.1) is 18.8 Å². The number of rotatable bonds is 4.